The molecule has 4 heteroatoms. The van der Waals surface area contributed by atoms with E-state index in [1.165, 1.54) is 12.8 Å². The van der Waals surface area contributed by atoms with Gasteiger partial charge < -0.3 is 10.1 Å². The van der Waals surface area contributed by atoms with Crippen LogP contribution in [0.5, 0.6) is 5.75 Å². The van der Waals surface area contributed by atoms with Crippen LogP contribution in [-0.2, 0) is 6.54 Å². The average molecular weight is 288 g/mol. The van der Waals surface area contributed by atoms with Crippen LogP contribution in [0.4, 0.5) is 0 Å². The quantitative estimate of drug-likeness (QED) is 0.865. The third-order valence-electron chi connectivity index (χ3n) is 3.24. The van der Waals surface area contributed by atoms with E-state index in [4.69, 9.17) is 27.9 Å². The molecule has 0 radical (unpaired) electrons. The van der Waals surface area contributed by atoms with Crippen molar-refractivity contribution in [1.82, 2.24) is 5.32 Å². The van der Waals surface area contributed by atoms with Crippen molar-refractivity contribution in [3.8, 4) is 5.75 Å². The monoisotopic (exact) mass is 287 g/mol. The summed E-state index contributed by atoms with van der Waals surface area (Å²) in [5.74, 6) is 0.800. The Labute approximate surface area is 119 Å². The molecular formula is C14H19Cl2NO. The van der Waals surface area contributed by atoms with Gasteiger partial charge in [-0.1, -0.05) is 30.1 Å². The van der Waals surface area contributed by atoms with Crippen LogP contribution >= 0.6 is 23.2 Å². The van der Waals surface area contributed by atoms with Crippen LogP contribution in [0.15, 0.2) is 12.1 Å². The second-order valence-corrected chi connectivity index (χ2v) is 5.52. The number of halogens is 2. The number of rotatable bonds is 5. The van der Waals surface area contributed by atoms with E-state index in [1.54, 1.807) is 6.07 Å². The van der Waals surface area contributed by atoms with Gasteiger partial charge in [0.1, 0.15) is 5.75 Å². The second kappa shape index (κ2) is 6.65. The first-order valence-corrected chi connectivity index (χ1v) is 7.31. The minimum Gasteiger partial charge on any atom is -0.489 e. The molecule has 1 aliphatic carbocycles. The lowest BCUT2D eigenvalue weighted by molar-refractivity contribution is 0.208. The summed E-state index contributed by atoms with van der Waals surface area (Å²) in [5, 5.41) is 4.56. The van der Waals surface area contributed by atoms with Gasteiger partial charge >= 0.3 is 0 Å². The Morgan fingerprint density at radius 2 is 2.00 bits per heavy atom. The van der Waals surface area contributed by atoms with E-state index in [0.29, 0.717) is 16.1 Å². The largest absolute Gasteiger partial charge is 0.489 e. The van der Waals surface area contributed by atoms with E-state index in [2.05, 4.69) is 12.2 Å². The molecule has 1 aromatic carbocycles. The lowest BCUT2D eigenvalue weighted by Crippen LogP contribution is -2.16. The summed E-state index contributed by atoms with van der Waals surface area (Å²) in [6.45, 7) is 3.72. The van der Waals surface area contributed by atoms with E-state index in [0.717, 1.165) is 37.2 Å². The molecule has 2 rings (SSSR count). The van der Waals surface area contributed by atoms with Gasteiger partial charge in [0.05, 0.1) is 11.1 Å². The first-order valence-electron chi connectivity index (χ1n) is 6.56. The van der Waals surface area contributed by atoms with Gasteiger partial charge in [0.2, 0.25) is 0 Å². The molecule has 1 aromatic rings. The lowest BCUT2D eigenvalue weighted by atomic mass is 10.2. The van der Waals surface area contributed by atoms with E-state index in [1.807, 2.05) is 6.07 Å². The molecule has 1 saturated carbocycles. The molecule has 0 aliphatic heterocycles. The maximum Gasteiger partial charge on any atom is 0.142 e. The standard InChI is InChI=1S/C14H19Cl2NO/c1-2-17-9-10-7-11(15)8-13(16)14(10)18-12-5-3-4-6-12/h7-8,12,17H,2-6,9H2,1H3. The van der Waals surface area contributed by atoms with E-state index in [-0.39, 0.29) is 0 Å². The average Bonchev–Trinajstić information content (AvgIpc) is 2.83. The Bertz CT molecular complexity index is 403. The van der Waals surface area contributed by atoms with Crippen molar-refractivity contribution in [2.45, 2.75) is 45.3 Å². The van der Waals surface area contributed by atoms with Crippen molar-refractivity contribution < 1.29 is 4.74 Å². The molecule has 1 aliphatic rings. The van der Waals surface area contributed by atoms with Crippen LogP contribution < -0.4 is 10.1 Å². The van der Waals surface area contributed by atoms with Gasteiger partial charge in [0.15, 0.2) is 0 Å². The molecule has 0 aromatic heterocycles. The van der Waals surface area contributed by atoms with Crippen LogP contribution in [0.2, 0.25) is 10.0 Å². The SMILES string of the molecule is CCNCc1cc(Cl)cc(Cl)c1OC1CCCC1. The van der Waals surface area contributed by atoms with Crippen LogP contribution in [-0.4, -0.2) is 12.6 Å². The minimum absolute atomic E-state index is 0.309. The van der Waals surface area contributed by atoms with Crippen LogP contribution in [0.1, 0.15) is 38.2 Å². The number of nitrogens with one attached hydrogen (secondary N) is 1. The summed E-state index contributed by atoms with van der Waals surface area (Å²) in [7, 11) is 0. The molecule has 0 unspecified atom stereocenters. The smallest absolute Gasteiger partial charge is 0.142 e. The number of hydrogen-bond acceptors (Lipinski definition) is 2. The molecule has 0 spiro atoms. The third-order valence-corrected chi connectivity index (χ3v) is 3.74. The molecule has 2 nitrogen and oxygen atoms in total. The second-order valence-electron chi connectivity index (χ2n) is 4.68. The van der Waals surface area contributed by atoms with E-state index < -0.39 is 0 Å². The summed E-state index contributed by atoms with van der Waals surface area (Å²) in [6, 6.07) is 3.68. The highest BCUT2D eigenvalue weighted by atomic mass is 35.5. The van der Waals surface area contributed by atoms with Gasteiger partial charge in [0.25, 0.3) is 0 Å². The molecule has 1 N–H and O–H groups in total. The first-order chi connectivity index (χ1) is 8.70. The Balaban J connectivity index is 2.18. The number of ether oxygens (including phenoxy) is 1. The number of benzene rings is 1. The van der Waals surface area contributed by atoms with Gasteiger partial charge in [-0.3, -0.25) is 0 Å². The molecule has 0 atom stereocenters. The summed E-state index contributed by atoms with van der Waals surface area (Å²) >= 11 is 12.3. The van der Waals surface area contributed by atoms with Gasteiger partial charge in [-0.05, 0) is 44.4 Å². The molecule has 0 heterocycles. The Morgan fingerprint density at radius 1 is 1.28 bits per heavy atom. The van der Waals surface area contributed by atoms with Crippen molar-refractivity contribution in [2.75, 3.05) is 6.54 Å². The zero-order valence-electron chi connectivity index (χ0n) is 10.6. The highest BCUT2D eigenvalue weighted by molar-refractivity contribution is 6.35. The van der Waals surface area contributed by atoms with Crippen molar-refractivity contribution in [1.29, 1.82) is 0 Å². The first kappa shape index (κ1) is 14.0. The van der Waals surface area contributed by atoms with Crippen molar-refractivity contribution in [2.24, 2.45) is 0 Å². The Hall–Kier alpha value is -0.440. The van der Waals surface area contributed by atoms with Gasteiger partial charge in [-0.25, -0.2) is 0 Å². The molecule has 0 bridgehead atoms. The molecule has 1 fully saturated rings. The molecule has 18 heavy (non-hydrogen) atoms. The summed E-state index contributed by atoms with van der Waals surface area (Å²) in [6.07, 6.45) is 5.06. The fraction of sp³-hybridized carbons (Fsp3) is 0.571. The predicted molar refractivity (Wildman–Crippen MR) is 76.7 cm³/mol. The van der Waals surface area contributed by atoms with Crippen molar-refractivity contribution in [3.63, 3.8) is 0 Å². The number of hydrogen-bond donors (Lipinski definition) is 1. The maximum atomic E-state index is 6.25. The third kappa shape index (κ3) is 3.53. The highest BCUT2D eigenvalue weighted by Gasteiger charge is 2.20. The van der Waals surface area contributed by atoms with Crippen LogP contribution in [0.25, 0.3) is 0 Å². The Kier molecular flexibility index (Phi) is 5.16. The van der Waals surface area contributed by atoms with Crippen LogP contribution in [0.3, 0.4) is 0 Å². The van der Waals surface area contributed by atoms with Crippen molar-refractivity contribution >= 4 is 23.2 Å². The lowest BCUT2D eigenvalue weighted by Gasteiger charge is -2.18. The zero-order valence-corrected chi connectivity index (χ0v) is 12.2. The van der Waals surface area contributed by atoms with Gasteiger partial charge in [-0.15, -0.1) is 0 Å². The van der Waals surface area contributed by atoms with Crippen LogP contribution in [0, 0.1) is 0 Å². The zero-order chi connectivity index (χ0) is 13.0. The predicted octanol–water partition coefficient (Wildman–Crippen LogP) is 4.42. The summed E-state index contributed by atoms with van der Waals surface area (Å²) < 4.78 is 6.06. The molecule has 0 amide bonds. The van der Waals surface area contributed by atoms with Crippen molar-refractivity contribution in [3.05, 3.63) is 27.7 Å². The fourth-order valence-electron chi connectivity index (χ4n) is 2.31. The van der Waals surface area contributed by atoms with Gasteiger partial charge in [0, 0.05) is 17.1 Å². The maximum absolute atomic E-state index is 6.25. The molecule has 100 valence electrons. The summed E-state index contributed by atoms with van der Waals surface area (Å²) in [4.78, 5) is 0. The molecule has 0 saturated heterocycles. The fourth-order valence-corrected chi connectivity index (χ4v) is 2.89. The van der Waals surface area contributed by atoms with E-state index >= 15 is 0 Å². The highest BCUT2D eigenvalue weighted by Crippen LogP contribution is 2.35. The topological polar surface area (TPSA) is 21.3 Å². The molecular weight excluding hydrogens is 269 g/mol. The normalized spacial score (nSPS) is 16.2. The minimum atomic E-state index is 0.309. The van der Waals surface area contributed by atoms with Gasteiger partial charge in [-0.2, -0.15) is 0 Å². The van der Waals surface area contributed by atoms with E-state index in [9.17, 15) is 0 Å². The summed E-state index contributed by atoms with van der Waals surface area (Å²) in [5.41, 5.74) is 1.04. The Morgan fingerprint density at radius 3 is 2.67 bits per heavy atom.